The molecule has 0 saturated heterocycles. The second-order valence-corrected chi connectivity index (χ2v) is 5.48. The Bertz CT molecular complexity index is 1030. The summed E-state index contributed by atoms with van der Waals surface area (Å²) in [6.07, 6.45) is 0. The van der Waals surface area contributed by atoms with Gasteiger partial charge in [-0.2, -0.15) is 0 Å². The number of carbonyl (C=O) groups is 2. The third kappa shape index (κ3) is 3.27. The maximum Gasteiger partial charge on any atom is 0.349 e. The molecule has 3 rings (SSSR count). The van der Waals surface area contributed by atoms with Gasteiger partial charge >= 0.3 is 11.6 Å². The number of rotatable bonds is 5. The van der Waals surface area contributed by atoms with Gasteiger partial charge in [-0.25, -0.2) is 9.59 Å². The fraction of sp³-hybridized carbons (Fsp3) is 0.105. The lowest BCUT2D eigenvalue weighted by molar-refractivity contribution is -0.139. The number of benzene rings is 2. The minimum atomic E-state index is -1.29. The van der Waals surface area contributed by atoms with E-state index in [1.54, 1.807) is 48.5 Å². The van der Waals surface area contributed by atoms with Gasteiger partial charge in [-0.1, -0.05) is 42.5 Å². The lowest BCUT2D eigenvalue weighted by Crippen LogP contribution is -2.36. The number of fused-ring (bicyclic) bond motifs is 1. The highest BCUT2D eigenvalue weighted by atomic mass is 16.5. The molecule has 7 heteroatoms. The van der Waals surface area contributed by atoms with Crippen LogP contribution in [0.1, 0.15) is 22.0 Å². The van der Waals surface area contributed by atoms with Gasteiger partial charge in [-0.05, 0) is 17.7 Å². The first-order chi connectivity index (χ1) is 12.5. The standard InChI is InChI=1S/C19H15NO6/c1-25-14-9-5-8-12-10-13(19(24)26-16(12)14)17(21)20-15(18(22)23)11-6-3-2-4-7-11/h2-10,15H,1H3,(H,20,21)(H,22,23). The molecule has 0 bridgehead atoms. The van der Waals surface area contributed by atoms with Crippen LogP contribution in [-0.2, 0) is 4.79 Å². The molecule has 2 aromatic carbocycles. The normalized spacial score (nSPS) is 11.7. The molecule has 7 nitrogen and oxygen atoms in total. The van der Waals surface area contributed by atoms with Crippen LogP contribution in [0.4, 0.5) is 0 Å². The number of methoxy groups -OCH3 is 1. The van der Waals surface area contributed by atoms with Crippen LogP contribution in [0.5, 0.6) is 5.75 Å². The number of carboxylic acids is 1. The van der Waals surface area contributed by atoms with Crippen molar-refractivity contribution in [2.45, 2.75) is 6.04 Å². The summed E-state index contributed by atoms with van der Waals surface area (Å²) >= 11 is 0. The highest BCUT2D eigenvalue weighted by Gasteiger charge is 2.24. The maximum absolute atomic E-state index is 12.5. The number of carboxylic acid groups (broad SMARTS) is 1. The Morgan fingerprint density at radius 3 is 2.50 bits per heavy atom. The average Bonchev–Trinajstić information content (AvgIpc) is 2.65. The van der Waals surface area contributed by atoms with Crippen molar-refractivity contribution in [1.82, 2.24) is 5.32 Å². The highest BCUT2D eigenvalue weighted by Crippen LogP contribution is 2.24. The predicted octanol–water partition coefficient (Wildman–Crippen LogP) is 2.36. The summed E-state index contributed by atoms with van der Waals surface area (Å²) in [5.74, 6) is -1.71. The minimum Gasteiger partial charge on any atom is -0.493 e. The van der Waals surface area contributed by atoms with Crippen LogP contribution in [0.15, 0.2) is 63.8 Å². The summed E-state index contributed by atoms with van der Waals surface area (Å²) in [5, 5.41) is 12.2. The average molecular weight is 353 g/mol. The van der Waals surface area contributed by atoms with Crippen molar-refractivity contribution < 1.29 is 23.8 Å². The van der Waals surface area contributed by atoms with E-state index < -0.39 is 23.5 Å². The molecule has 0 fully saturated rings. The molecule has 0 aliphatic carbocycles. The molecule has 1 heterocycles. The van der Waals surface area contributed by atoms with Gasteiger partial charge in [0.05, 0.1) is 7.11 Å². The molecule has 1 unspecified atom stereocenters. The molecule has 1 amide bonds. The van der Waals surface area contributed by atoms with Crippen LogP contribution < -0.4 is 15.7 Å². The third-order valence-electron chi connectivity index (χ3n) is 3.84. The molecule has 1 atom stereocenters. The van der Waals surface area contributed by atoms with E-state index in [2.05, 4.69) is 5.32 Å². The Hall–Kier alpha value is -3.61. The fourth-order valence-corrected chi connectivity index (χ4v) is 2.58. The van der Waals surface area contributed by atoms with E-state index in [9.17, 15) is 19.5 Å². The second kappa shape index (κ2) is 7.10. The van der Waals surface area contributed by atoms with Gasteiger partial charge < -0.3 is 19.6 Å². The Morgan fingerprint density at radius 1 is 1.12 bits per heavy atom. The topological polar surface area (TPSA) is 106 Å². The van der Waals surface area contributed by atoms with Crippen molar-refractivity contribution in [3.8, 4) is 5.75 Å². The number of hydrogen-bond acceptors (Lipinski definition) is 5. The van der Waals surface area contributed by atoms with E-state index in [0.29, 0.717) is 16.7 Å². The maximum atomic E-state index is 12.5. The summed E-state index contributed by atoms with van der Waals surface area (Å²) in [6, 6.07) is 13.2. The zero-order chi connectivity index (χ0) is 18.7. The largest absolute Gasteiger partial charge is 0.493 e. The van der Waals surface area contributed by atoms with Crippen LogP contribution in [0.25, 0.3) is 11.0 Å². The Balaban J connectivity index is 1.98. The first kappa shape index (κ1) is 17.2. The smallest absolute Gasteiger partial charge is 0.349 e. The number of hydrogen-bond donors (Lipinski definition) is 2. The third-order valence-corrected chi connectivity index (χ3v) is 3.84. The zero-order valence-electron chi connectivity index (χ0n) is 13.8. The van der Waals surface area contributed by atoms with Crippen LogP contribution in [0.2, 0.25) is 0 Å². The molecule has 0 radical (unpaired) electrons. The molecule has 3 aromatic rings. The number of ether oxygens (including phenoxy) is 1. The molecule has 0 saturated carbocycles. The van der Waals surface area contributed by atoms with Gasteiger partial charge in [-0.3, -0.25) is 4.79 Å². The summed E-state index contributed by atoms with van der Waals surface area (Å²) in [5.41, 5.74) is -0.556. The summed E-state index contributed by atoms with van der Waals surface area (Å²) in [4.78, 5) is 36.2. The molecule has 132 valence electrons. The number of para-hydroxylation sites is 1. The Labute approximate surface area is 147 Å². The fourth-order valence-electron chi connectivity index (χ4n) is 2.58. The van der Waals surface area contributed by atoms with Gasteiger partial charge in [0.2, 0.25) is 0 Å². The highest BCUT2D eigenvalue weighted by molar-refractivity contribution is 5.99. The van der Waals surface area contributed by atoms with Gasteiger partial charge in [-0.15, -0.1) is 0 Å². The van der Waals surface area contributed by atoms with Crippen LogP contribution in [0.3, 0.4) is 0 Å². The molecule has 0 aliphatic rings. The number of amides is 1. The summed E-state index contributed by atoms with van der Waals surface area (Å²) in [7, 11) is 1.44. The lowest BCUT2D eigenvalue weighted by atomic mass is 10.1. The monoisotopic (exact) mass is 353 g/mol. The molecule has 0 spiro atoms. The van der Waals surface area contributed by atoms with Crippen molar-refractivity contribution in [3.63, 3.8) is 0 Å². The van der Waals surface area contributed by atoms with E-state index in [-0.39, 0.29) is 11.1 Å². The van der Waals surface area contributed by atoms with Gasteiger partial charge in [0.25, 0.3) is 5.91 Å². The summed E-state index contributed by atoms with van der Waals surface area (Å²) in [6.45, 7) is 0. The van der Waals surface area contributed by atoms with Crippen molar-refractivity contribution in [3.05, 3.63) is 76.1 Å². The number of carbonyl (C=O) groups excluding carboxylic acids is 1. The molecule has 2 N–H and O–H groups in total. The van der Waals surface area contributed by atoms with Crippen molar-refractivity contribution in [1.29, 1.82) is 0 Å². The Morgan fingerprint density at radius 2 is 1.85 bits per heavy atom. The van der Waals surface area contributed by atoms with Crippen molar-refractivity contribution in [2.24, 2.45) is 0 Å². The molecular weight excluding hydrogens is 338 g/mol. The number of aliphatic carboxylic acids is 1. The van der Waals surface area contributed by atoms with Crippen molar-refractivity contribution >= 4 is 22.8 Å². The molecule has 0 aliphatic heterocycles. The zero-order valence-corrected chi connectivity index (χ0v) is 13.8. The van der Waals surface area contributed by atoms with E-state index in [1.165, 1.54) is 13.2 Å². The first-order valence-corrected chi connectivity index (χ1v) is 7.70. The predicted molar refractivity (Wildman–Crippen MR) is 93.3 cm³/mol. The molecular formula is C19H15NO6. The minimum absolute atomic E-state index is 0.217. The second-order valence-electron chi connectivity index (χ2n) is 5.48. The lowest BCUT2D eigenvalue weighted by Gasteiger charge is -2.14. The van der Waals surface area contributed by atoms with Crippen molar-refractivity contribution in [2.75, 3.05) is 7.11 Å². The van der Waals surface area contributed by atoms with E-state index >= 15 is 0 Å². The summed E-state index contributed by atoms with van der Waals surface area (Å²) < 4.78 is 10.3. The van der Waals surface area contributed by atoms with Gasteiger partial charge in [0.15, 0.2) is 17.4 Å². The van der Waals surface area contributed by atoms with Crippen LogP contribution in [0, 0.1) is 0 Å². The first-order valence-electron chi connectivity index (χ1n) is 7.70. The van der Waals surface area contributed by atoms with Crippen LogP contribution >= 0.6 is 0 Å². The number of nitrogens with one attached hydrogen (secondary N) is 1. The van der Waals surface area contributed by atoms with Gasteiger partial charge in [0.1, 0.15) is 5.56 Å². The molecule has 26 heavy (non-hydrogen) atoms. The SMILES string of the molecule is COc1cccc2cc(C(=O)NC(C(=O)O)c3ccccc3)c(=O)oc12. The van der Waals surface area contributed by atoms with Gasteiger partial charge in [0, 0.05) is 5.39 Å². The van der Waals surface area contributed by atoms with E-state index in [0.717, 1.165) is 0 Å². The van der Waals surface area contributed by atoms with Crippen LogP contribution in [-0.4, -0.2) is 24.1 Å². The Kier molecular flexibility index (Phi) is 4.70. The van der Waals surface area contributed by atoms with E-state index in [1.807, 2.05) is 0 Å². The molecule has 1 aromatic heterocycles. The van der Waals surface area contributed by atoms with E-state index in [4.69, 9.17) is 9.15 Å². The quantitative estimate of drug-likeness (QED) is 0.682.